The minimum atomic E-state index is -0.0127. The third kappa shape index (κ3) is 3.11. The number of hydrogen-bond acceptors (Lipinski definition) is 2. The number of ketones is 1. The number of Topliss-reactive ketones (excluding diaryl/α,β-unsaturated/α-hetero) is 1. The maximum Gasteiger partial charge on any atom is 0.200 e. The Balaban J connectivity index is 1.73. The highest BCUT2D eigenvalue weighted by molar-refractivity contribution is 6.00. The highest BCUT2D eigenvalue weighted by Crippen LogP contribution is 2.17. The summed E-state index contributed by atoms with van der Waals surface area (Å²) in [6.45, 7) is 2.07. The van der Waals surface area contributed by atoms with Crippen molar-refractivity contribution in [1.82, 2.24) is 0 Å². The van der Waals surface area contributed by atoms with E-state index < -0.39 is 0 Å². The molecule has 0 aliphatic rings. The van der Waals surface area contributed by atoms with Gasteiger partial charge in [0.25, 0.3) is 0 Å². The van der Waals surface area contributed by atoms with Crippen molar-refractivity contribution >= 4 is 16.6 Å². The quantitative estimate of drug-likeness (QED) is 0.660. The zero-order valence-corrected chi connectivity index (χ0v) is 11.9. The zero-order valence-electron chi connectivity index (χ0n) is 11.9. The first-order valence-corrected chi connectivity index (χ1v) is 6.94. The van der Waals surface area contributed by atoms with Gasteiger partial charge in [-0.25, -0.2) is 0 Å². The third-order valence-corrected chi connectivity index (χ3v) is 3.46. The van der Waals surface area contributed by atoms with E-state index in [0.29, 0.717) is 5.56 Å². The Hall–Kier alpha value is -2.61. The van der Waals surface area contributed by atoms with E-state index in [1.807, 2.05) is 73.7 Å². The maximum atomic E-state index is 12.2. The molecule has 0 saturated carbocycles. The highest BCUT2D eigenvalue weighted by Gasteiger charge is 2.07. The Morgan fingerprint density at radius 1 is 0.905 bits per heavy atom. The lowest BCUT2D eigenvalue weighted by atomic mass is 10.0. The SMILES string of the molecule is Cc1ccc(OCC(=O)c2ccc3ccccc3c2)cc1. The Morgan fingerprint density at radius 3 is 2.38 bits per heavy atom. The van der Waals surface area contributed by atoms with Crippen molar-refractivity contribution in [3.8, 4) is 5.75 Å². The first kappa shape index (κ1) is 13.4. The summed E-state index contributed by atoms with van der Waals surface area (Å²) in [6.07, 6.45) is 0. The summed E-state index contributed by atoms with van der Waals surface area (Å²) in [6, 6.07) is 21.4. The molecule has 0 N–H and O–H groups in total. The summed E-state index contributed by atoms with van der Waals surface area (Å²) in [5.74, 6) is 0.705. The summed E-state index contributed by atoms with van der Waals surface area (Å²) >= 11 is 0. The zero-order chi connectivity index (χ0) is 14.7. The predicted octanol–water partition coefficient (Wildman–Crippen LogP) is 4.41. The number of aryl methyl sites for hydroxylation is 1. The lowest BCUT2D eigenvalue weighted by molar-refractivity contribution is 0.0921. The monoisotopic (exact) mass is 276 g/mol. The van der Waals surface area contributed by atoms with Gasteiger partial charge in [0.1, 0.15) is 5.75 Å². The van der Waals surface area contributed by atoms with E-state index in [4.69, 9.17) is 4.74 Å². The summed E-state index contributed by atoms with van der Waals surface area (Å²) in [4.78, 5) is 12.2. The van der Waals surface area contributed by atoms with Crippen LogP contribution in [-0.4, -0.2) is 12.4 Å². The number of carbonyl (C=O) groups excluding carboxylic acids is 1. The van der Waals surface area contributed by atoms with Crippen molar-refractivity contribution in [1.29, 1.82) is 0 Å². The molecule has 0 fully saturated rings. The van der Waals surface area contributed by atoms with Gasteiger partial charge in [0.15, 0.2) is 12.4 Å². The van der Waals surface area contributed by atoms with Crippen LogP contribution in [0.4, 0.5) is 0 Å². The van der Waals surface area contributed by atoms with Gasteiger partial charge in [-0.2, -0.15) is 0 Å². The maximum absolute atomic E-state index is 12.2. The van der Waals surface area contributed by atoms with E-state index in [1.54, 1.807) is 0 Å². The van der Waals surface area contributed by atoms with Gasteiger partial charge in [0.05, 0.1) is 0 Å². The number of fused-ring (bicyclic) bond motifs is 1. The molecule has 0 aromatic heterocycles. The van der Waals surface area contributed by atoms with E-state index in [2.05, 4.69) is 0 Å². The fourth-order valence-corrected chi connectivity index (χ4v) is 2.23. The fourth-order valence-electron chi connectivity index (χ4n) is 2.23. The molecule has 0 unspecified atom stereocenters. The smallest absolute Gasteiger partial charge is 0.200 e. The van der Waals surface area contributed by atoms with Gasteiger partial charge in [0.2, 0.25) is 0 Å². The summed E-state index contributed by atoms with van der Waals surface area (Å²) < 4.78 is 5.54. The van der Waals surface area contributed by atoms with Crippen molar-refractivity contribution in [3.05, 3.63) is 77.9 Å². The van der Waals surface area contributed by atoms with Crippen LogP contribution in [0.5, 0.6) is 5.75 Å². The molecule has 0 saturated heterocycles. The summed E-state index contributed by atoms with van der Waals surface area (Å²) in [5.41, 5.74) is 1.85. The van der Waals surface area contributed by atoms with Crippen LogP contribution in [0.2, 0.25) is 0 Å². The van der Waals surface area contributed by atoms with E-state index >= 15 is 0 Å². The Morgan fingerprint density at radius 2 is 1.62 bits per heavy atom. The number of rotatable bonds is 4. The van der Waals surface area contributed by atoms with Crippen LogP contribution in [-0.2, 0) is 0 Å². The molecular weight excluding hydrogens is 260 g/mol. The van der Waals surface area contributed by atoms with Gasteiger partial charge in [-0.05, 0) is 35.9 Å². The standard InChI is InChI=1S/C19H16O2/c1-14-6-10-18(11-7-14)21-13-19(20)17-9-8-15-4-2-3-5-16(15)12-17/h2-12H,13H2,1H3. The molecule has 2 nitrogen and oxygen atoms in total. The fraction of sp³-hybridized carbons (Fsp3) is 0.105. The number of hydrogen-bond donors (Lipinski definition) is 0. The van der Waals surface area contributed by atoms with Gasteiger partial charge >= 0.3 is 0 Å². The molecule has 2 heteroatoms. The first-order chi connectivity index (χ1) is 10.2. The van der Waals surface area contributed by atoms with Crippen molar-refractivity contribution in [2.24, 2.45) is 0 Å². The van der Waals surface area contributed by atoms with Crippen molar-refractivity contribution < 1.29 is 9.53 Å². The first-order valence-electron chi connectivity index (χ1n) is 6.94. The largest absolute Gasteiger partial charge is 0.485 e. The lowest BCUT2D eigenvalue weighted by Crippen LogP contribution is -2.11. The molecule has 0 atom stereocenters. The second kappa shape index (κ2) is 5.80. The molecule has 3 rings (SSSR count). The Labute approximate surface area is 124 Å². The number of benzene rings is 3. The van der Waals surface area contributed by atoms with E-state index in [9.17, 15) is 4.79 Å². The van der Waals surface area contributed by atoms with Crippen molar-refractivity contribution in [3.63, 3.8) is 0 Å². The summed E-state index contributed by atoms with van der Waals surface area (Å²) in [5, 5.41) is 2.20. The minimum absolute atomic E-state index is 0.0127. The second-order valence-corrected chi connectivity index (χ2v) is 5.09. The van der Waals surface area contributed by atoms with Gasteiger partial charge in [-0.1, -0.05) is 54.1 Å². The molecule has 0 spiro atoms. The molecule has 3 aromatic rings. The number of carbonyl (C=O) groups is 1. The topological polar surface area (TPSA) is 26.3 Å². The van der Waals surface area contributed by atoms with Crippen LogP contribution in [0.1, 0.15) is 15.9 Å². The normalized spacial score (nSPS) is 10.5. The van der Waals surface area contributed by atoms with E-state index in [0.717, 1.165) is 16.5 Å². The molecule has 0 aliphatic heterocycles. The van der Waals surface area contributed by atoms with Gasteiger partial charge in [0, 0.05) is 5.56 Å². The van der Waals surface area contributed by atoms with E-state index in [-0.39, 0.29) is 12.4 Å². The molecule has 0 bridgehead atoms. The van der Waals surface area contributed by atoms with Gasteiger partial charge < -0.3 is 4.74 Å². The van der Waals surface area contributed by atoms with Crippen LogP contribution in [0.3, 0.4) is 0 Å². The Bertz CT molecular complexity index is 773. The second-order valence-electron chi connectivity index (χ2n) is 5.09. The minimum Gasteiger partial charge on any atom is -0.485 e. The average molecular weight is 276 g/mol. The Kier molecular flexibility index (Phi) is 3.69. The van der Waals surface area contributed by atoms with Crippen LogP contribution in [0.15, 0.2) is 66.7 Å². The van der Waals surface area contributed by atoms with Crippen molar-refractivity contribution in [2.75, 3.05) is 6.61 Å². The predicted molar refractivity (Wildman–Crippen MR) is 85.0 cm³/mol. The van der Waals surface area contributed by atoms with E-state index in [1.165, 1.54) is 5.56 Å². The average Bonchev–Trinajstić information content (AvgIpc) is 2.53. The summed E-state index contributed by atoms with van der Waals surface area (Å²) in [7, 11) is 0. The van der Waals surface area contributed by atoms with Crippen LogP contribution < -0.4 is 4.74 Å². The third-order valence-electron chi connectivity index (χ3n) is 3.46. The lowest BCUT2D eigenvalue weighted by Gasteiger charge is -2.06. The van der Waals surface area contributed by atoms with Gasteiger partial charge in [-0.3, -0.25) is 4.79 Å². The molecule has 3 aromatic carbocycles. The van der Waals surface area contributed by atoms with Crippen LogP contribution >= 0.6 is 0 Å². The molecule has 0 aliphatic carbocycles. The molecule has 0 amide bonds. The number of ether oxygens (including phenoxy) is 1. The van der Waals surface area contributed by atoms with Crippen LogP contribution in [0, 0.1) is 6.92 Å². The highest BCUT2D eigenvalue weighted by atomic mass is 16.5. The molecule has 21 heavy (non-hydrogen) atoms. The molecule has 104 valence electrons. The van der Waals surface area contributed by atoms with Crippen LogP contribution in [0.25, 0.3) is 10.8 Å². The van der Waals surface area contributed by atoms with Gasteiger partial charge in [-0.15, -0.1) is 0 Å². The molecular formula is C19H16O2. The molecule has 0 radical (unpaired) electrons. The van der Waals surface area contributed by atoms with Crippen molar-refractivity contribution in [2.45, 2.75) is 6.92 Å². The molecule has 0 heterocycles.